The van der Waals surface area contributed by atoms with Crippen molar-refractivity contribution >= 4 is 28.9 Å². The van der Waals surface area contributed by atoms with Gasteiger partial charge in [0, 0.05) is 54.3 Å². The lowest BCUT2D eigenvalue weighted by Crippen LogP contribution is -2.34. The van der Waals surface area contributed by atoms with Gasteiger partial charge in [-0.15, -0.1) is 0 Å². The second-order valence-electron chi connectivity index (χ2n) is 8.44. The number of hydrogen-bond donors (Lipinski definition) is 0. The maximum Gasteiger partial charge on any atom is 0.340 e. The Morgan fingerprint density at radius 1 is 0.909 bits per heavy atom. The molecule has 2 aliphatic rings. The fraction of sp³-hybridized carbons (Fsp3) is 0.296. The SMILES string of the molecule is CCN(CC)c1ccc2c(c1)C1(OC(=O)c3ccccc31)c1ccc(N(C)C(C)Cl)cc1O2. The van der Waals surface area contributed by atoms with Gasteiger partial charge in [-0.25, -0.2) is 4.79 Å². The number of halogens is 1. The third-order valence-corrected chi connectivity index (χ3v) is 7.04. The van der Waals surface area contributed by atoms with E-state index in [1.807, 2.05) is 67.4 Å². The number of carbonyl (C=O) groups excluding carboxylic acids is 1. The predicted octanol–water partition coefficient (Wildman–Crippen LogP) is 6.12. The molecule has 5 nitrogen and oxygen atoms in total. The minimum atomic E-state index is -1.07. The summed E-state index contributed by atoms with van der Waals surface area (Å²) in [6.45, 7) is 7.93. The molecule has 0 fully saturated rings. The number of carbonyl (C=O) groups is 1. The lowest BCUT2D eigenvalue weighted by atomic mass is 9.77. The molecule has 3 aromatic rings. The largest absolute Gasteiger partial charge is 0.456 e. The number of rotatable bonds is 5. The lowest BCUT2D eigenvalue weighted by molar-refractivity contribution is 0.0224. The lowest BCUT2D eigenvalue weighted by Gasteiger charge is -2.38. The van der Waals surface area contributed by atoms with Crippen molar-refractivity contribution in [1.29, 1.82) is 0 Å². The molecule has 0 aromatic heterocycles. The number of hydrogen-bond acceptors (Lipinski definition) is 5. The molecule has 0 amide bonds. The van der Waals surface area contributed by atoms with Crippen LogP contribution in [0.2, 0.25) is 0 Å². The normalized spacial score (nSPS) is 18.6. The van der Waals surface area contributed by atoms with Crippen LogP contribution in [-0.2, 0) is 10.3 Å². The molecular formula is C27H27ClN2O3. The number of ether oxygens (including phenoxy) is 2. The summed E-state index contributed by atoms with van der Waals surface area (Å²) in [4.78, 5) is 17.3. The molecule has 0 aliphatic carbocycles. The Labute approximate surface area is 199 Å². The minimum absolute atomic E-state index is 0.186. The summed E-state index contributed by atoms with van der Waals surface area (Å²) in [6, 6.07) is 19.7. The van der Waals surface area contributed by atoms with Crippen molar-refractivity contribution in [1.82, 2.24) is 0 Å². The third kappa shape index (κ3) is 3.17. The van der Waals surface area contributed by atoms with E-state index in [1.54, 1.807) is 0 Å². The minimum Gasteiger partial charge on any atom is -0.456 e. The standard InChI is InChI=1S/C27H27ClN2O3/c1-5-30(6-2)19-12-14-24-23(15-19)27(21-10-8-7-9-20(21)26(31)33-27)22-13-11-18(16-25(22)32-24)29(4)17(3)28/h7-17H,5-6H2,1-4H3. The van der Waals surface area contributed by atoms with Crippen molar-refractivity contribution in [2.75, 3.05) is 29.9 Å². The maximum atomic E-state index is 13.1. The number of fused-ring (bicyclic) bond motifs is 6. The van der Waals surface area contributed by atoms with Crippen molar-refractivity contribution in [3.63, 3.8) is 0 Å². The molecule has 3 aromatic carbocycles. The van der Waals surface area contributed by atoms with E-state index >= 15 is 0 Å². The number of anilines is 2. The van der Waals surface area contributed by atoms with E-state index < -0.39 is 5.60 Å². The molecule has 0 bridgehead atoms. The fourth-order valence-corrected chi connectivity index (χ4v) is 4.97. The first-order valence-electron chi connectivity index (χ1n) is 11.3. The van der Waals surface area contributed by atoms with Gasteiger partial charge in [0.2, 0.25) is 0 Å². The Morgan fingerprint density at radius 3 is 2.36 bits per heavy atom. The first-order valence-corrected chi connectivity index (χ1v) is 11.8. The predicted molar refractivity (Wildman–Crippen MR) is 132 cm³/mol. The molecule has 170 valence electrons. The van der Waals surface area contributed by atoms with Crippen molar-refractivity contribution < 1.29 is 14.3 Å². The van der Waals surface area contributed by atoms with E-state index in [0.29, 0.717) is 17.1 Å². The topological polar surface area (TPSA) is 42.0 Å². The molecule has 33 heavy (non-hydrogen) atoms. The van der Waals surface area contributed by atoms with Gasteiger partial charge < -0.3 is 19.3 Å². The molecule has 1 spiro atoms. The summed E-state index contributed by atoms with van der Waals surface area (Å²) >= 11 is 6.32. The van der Waals surface area contributed by atoms with Gasteiger partial charge in [-0.05, 0) is 57.2 Å². The summed E-state index contributed by atoms with van der Waals surface area (Å²) in [6.07, 6.45) is 0. The third-order valence-electron chi connectivity index (χ3n) is 6.75. The first kappa shape index (κ1) is 21.7. The smallest absolute Gasteiger partial charge is 0.340 e. The van der Waals surface area contributed by atoms with Crippen LogP contribution in [0.4, 0.5) is 11.4 Å². The zero-order valence-corrected chi connectivity index (χ0v) is 20.0. The van der Waals surface area contributed by atoms with Crippen LogP contribution in [0.15, 0.2) is 60.7 Å². The van der Waals surface area contributed by atoms with E-state index in [2.05, 4.69) is 30.9 Å². The Morgan fingerprint density at radius 2 is 1.64 bits per heavy atom. The van der Waals surface area contributed by atoms with Crippen LogP contribution in [0, 0.1) is 0 Å². The highest BCUT2D eigenvalue weighted by molar-refractivity contribution is 6.21. The van der Waals surface area contributed by atoms with E-state index in [-0.39, 0.29) is 11.5 Å². The molecule has 0 saturated carbocycles. The zero-order chi connectivity index (χ0) is 23.3. The van der Waals surface area contributed by atoms with E-state index in [1.165, 1.54) is 0 Å². The highest BCUT2D eigenvalue weighted by Gasteiger charge is 2.53. The van der Waals surface area contributed by atoms with Gasteiger partial charge in [0.1, 0.15) is 17.0 Å². The van der Waals surface area contributed by atoms with Crippen LogP contribution >= 0.6 is 11.6 Å². The zero-order valence-electron chi connectivity index (χ0n) is 19.3. The summed E-state index contributed by atoms with van der Waals surface area (Å²) in [5.41, 5.74) is 3.81. The average molecular weight is 463 g/mol. The molecular weight excluding hydrogens is 436 g/mol. The number of esters is 1. The Bertz CT molecular complexity index is 1240. The van der Waals surface area contributed by atoms with Gasteiger partial charge in [-0.1, -0.05) is 29.8 Å². The van der Waals surface area contributed by atoms with Gasteiger partial charge in [0.25, 0.3) is 0 Å². The molecule has 0 saturated heterocycles. The molecule has 0 N–H and O–H groups in total. The van der Waals surface area contributed by atoms with E-state index in [4.69, 9.17) is 21.1 Å². The van der Waals surface area contributed by atoms with Gasteiger partial charge in [-0.3, -0.25) is 0 Å². The van der Waals surface area contributed by atoms with Gasteiger partial charge in [-0.2, -0.15) is 0 Å². The molecule has 5 rings (SSSR count). The summed E-state index contributed by atoms with van der Waals surface area (Å²) < 4.78 is 12.7. The molecule has 0 radical (unpaired) electrons. The van der Waals surface area contributed by atoms with Crippen LogP contribution in [0.1, 0.15) is 47.8 Å². The highest BCUT2D eigenvalue weighted by atomic mass is 35.5. The van der Waals surface area contributed by atoms with Crippen molar-refractivity contribution in [2.24, 2.45) is 0 Å². The van der Waals surface area contributed by atoms with Crippen LogP contribution in [0.25, 0.3) is 0 Å². The van der Waals surface area contributed by atoms with Crippen LogP contribution in [0.3, 0.4) is 0 Å². The van der Waals surface area contributed by atoms with E-state index in [9.17, 15) is 4.79 Å². The molecule has 2 atom stereocenters. The van der Waals surface area contributed by atoms with Crippen molar-refractivity contribution in [3.05, 3.63) is 82.9 Å². The molecule has 6 heteroatoms. The first-order chi connectivity index (χ1) is 15.9. The number of benzene rings is 3. The van der Waals surface area contributed by atoms with Gasteiger partial charge >= 0.3 is 5.97 Å². The quantitative estimate of drug-likeness (QED) is 0.259. The van der Waals surface area contributed by atoms with E-state index in [0.717, 1.165) is 41.2 Å². The van der Waals surface area contributed by atoms with Gasteiger partial charge in [0.15, 0.2) is 5.60 Å². The monoisotopic (exact) mass is 462 g/mol. The maximum absolute atomic E-state index is 13.1. The Kier molecular flexibility index (Phi) is 5.25. The molecule has 2 unspecified atom stereocenters. The summed E-state index contributed by atoms with van der Waals surface area (Å²) in [5, 5.41) is 0. The van der Waals surface area contributed by atoms with Crippen molar-refractivity contribution in [2.45, 2.75) is 31.9 Å². The van der Waals surface area contributed by atoms with Crippen molar-refractivity contribution in [3.8, 4) is 11.5 Å². The molecule has 2 aliphatic heterocycles. The number of nitrogens with zero attached hydrogens (tertiary/aromatic N) is 2. The summed E-state index contributed by atoms with van der Waals surface area (Å²) in [7, 11) is 1.94. The van der Waals surface area contributed by atoms with Crippen LogP contribution in [-0.4, -0.2) is 31.6 Å². The molecule has 2 heterocycles. The second kappa shape index (κ2) is 7.99. The van der Waals surface area contributed by atoms with Crippen LogP contribution < -0.4 is 14.5 Å². The fourth-order valence-electron chi connectivity index (χ4n) is 4.86. The number of alkyl halides is 1. The summed E-state index contributed by atoms with van der Waals surface area (Å²) in [5.74, 6) is 1.01. The Hall–Kier alpha value is -3.18. The average Bonchev–Trinajstić information content (AvgIpc) is 3.12. The van der Waals surface area contributed by atoms with Gasteiger partial charge in [0.05, 0.1) is 5.56 Å². The van der Waals surface area contributed by atoms with Crippen LogP contribution in [0.5, 0.6) is 11.5 Å². The second-order valence-corrected chi connectivity index (χ2v) is 9.07. The highest BCUT2D eigenvalue weighted by Crippen LogP contribution is 2.57. The Balaban J connectivity index is 1.78.